The third-order valence-corrected chi connectivity index (χ3v) is 3.00. The van der Waals surface area contributed by atoms with Crippen LogP contribution in [0.4, 0.5) is 5.69 Å². The molecule has 0 bridgehead atoms. The molecule has 0 aliphatic rings. The molecule has 0 fully saturated rings. The molecule has 0 radical (unpaired) electrons. The number of hydrogen-bond acceptors (Lipinski definition) is 3. The zero-order chi connectivity index (χ0) is 13.9. The number of aromatic carboxylic acids is 1. The number of rotatable bonds is 4. The molecule has 2 atom stereocenters. The van der Waals surface area contributed by atoms with E-state index in [1.807, 2.05) is 0 Å². The maximum atomic E-state index is 11.8. The molecule has 6 heteroatoms. The number of nitrogens with one attached hydrogen (secondary N) is 1. The molecule has 5 nitrogen and oxygen atoms in total. The smallest absolute Gasteiger partial charge is 0.335 e. The van der Waals surface area contributed by atoms with Gasteiger partial charge in [-0.15, -0.1) is 0 Å². The Morgan fingerprint density at radius 2 is 2.00 bits per heavy atom. The van der Waals surface area contributed by atoms with Crippen molar-refractivity contribution in [1.82, 2.24) is 0 Å². The molecule has 4 N–H and O–H groups in total. The first-order valence-electron chi connectivity index (χ1n) is 5.42. The highest BCUT2D eigenvalue weighted by Gasteiger charge is 2.18. The van der Waals surface area contributed by atoms with Gasteiger partial charge in [-0.3, -0.25) is 4.79 Å². The molecule has 0 aromatic heterocycles. The number of carbonyl (C=O) groups excluding carboxylic acids is 1. The number of halogens is 1. The second-order valence-corrected chi connectivity index (χ2v) is 4.54. The van der Waals surface area contributed by atoms with E-state index in [1.54, 1.807) is 13.8 Å². The molecule has 0 spiro atoms. The second kappa shape index (κ2) is 5.84. The van der Waals surface area contributed by atoms with Crippen molar-refractivity contribution >= 4 is 29.2 Å². The zero-order valence-electron chi connectivity index (χ0n) is 10.1. The minimum atomic E-state index is -1.08. The maximum Gasteiger partial charge on any atom is 0.335 e. The average molecular weight is 271 g/mol. The van der Waals surface area contributed by atoms with E-state index in [0.29, 0.717) is 0 Å². The summed E-state index contributed by atoms with van der Waals surface area (Å²) in [5.41, 5.74) is 5.95. The molecule has 2 unspecified atom stereocenters. The van der Waals surface area contributed by atoms with Crippen molar-refractivity contribution in [3.05, 3.63) is 28.8 Å². The van der Waals surface area contributed by atoms with Gasteiger partial charge in [0.2, 0.25) is 5.91 Å². The van der Waals surface area contributed by atoms with Crippen LogP contribution in [0.15, 0.2) is 18.2 Å². The van der Waals surface area contributed by atoms with E-state index in [9.17, 15) is 9.59 Å². The van der Waals surface area contributed by atoms with Crippen LogP contribution in [0, 0.1) is 5.92 Å². The van der Waals surface area contributed by atoms with E-state index in [-0.39, 0.29) is 28.2 Å². The molecule has 1 rings (SSSR count). The third-order valence-electron chi connectivity index (χ3n) is 2.67. The lowest BCUT2D eigenvalue weighted by molar-refractivity contribution is -0.119. The van der Waals surface area contributed by atoms with Gasteiger partial charge in [0.25, 0.3) is 0 Å². The van der Waals surface area contributed by atoms with Crippen LogP contribution in [0.1, 0.15) is 24.2 Å². The molecular weight excluding hydrogens is 256 g/mol. The Labute approximate surface area is 110 Å². The molecule has 18 heavy (non-hydrogen) atoms. The largest absolute Gasteiger partial charge is 0.478 e. The van der Waals surface area contributed by atoms with E-state index < -0.39 is 11.9 Å². The van der Waals surface area contributed by atoms with Crippen LogP contribution in [0.3, 0.4) is 0 Å². The van der Waals surface area contributed by atoms with Crippen molar-refractivity contribution in [2.24, 2.45) is 11.7 Å². The summed E-state index contributed by atoms with van der Waals surface area (Å²) < 4.78 is 0. The maximum absolute atomic E-state index is 11.8. The Morgan fingerprint density at radius 1 is 1.39 bits per heavy atom. The first-order chi connectivity index (χ1) is 8.32. The van der Waals surface area contributed by atoms with Crippen molar-refractivity contribution < 1.29 is 14.7 Å². The molecular formula is C12H15ClN2O3. The van der Waals surface area contributed by atoms with Gasteiger partial charge in [-0.05, 0) is 25.1 Å². The van der Waals surface area contributed by atoms with Crippen molar-refractivity contribution in [2.45, 2.75) is 19.9 Å². The summed E-state index contributed by atoms with van der Waals surface area (Å²) in [6.07, 6.45) is 0. The first-order valence-corrected chi connectivity index (χ1v) is 5.80. The van der Waals surface area contributed by atoms with Crippen LogP contribution < -0.4 is 11.1 Å². The number of amides is 1. The van der Waals surface area contributed by atoms with Crippen LogP contribution >= 0.6 is 11.6 Å². The predicted octanol–water partition coefficient (Wildman–Crippen LogP) is 1.96. The highest BCUT2D eigenvalue weighted by Crippen LogP contribution is 2.23. The molecule has 0 saturated carbocycles. The summed E-state index contributed by atoms with van der Waals surface area (Å²) in [6.45, 7) is 3.41. The predicted molar refractivity (Wildman–Crippen MR) is 69.9 cm³/mol. The molecule has 0 aliphatic heterocycles. The Morgan fingerprint density at radius 3 is 2.50 bits per heavy atom. The van der Waals surface area contributed by atoms with Crippen molar-refractivity contribution in [3.63, 3.8) is 0 Å². The lowest BCUT2D eigenvalue weighted by Crippen LogP contribution is -2.34. The van der Waals surface area contributed by atoms with Crippen molar-refractivity contribution in [1.29, 1.82) is 0 Å². The highest BCUT2D eigenvalue weighted by atomic mass is 35.5. The Balaban J connectivity index is 2.93. The Kier molecular flexibility index (Phi) is 4.69. The van der Waals surface area contributed by atoms with Gasteiger partial charge < -0.3 is 16.2 Å². The average Bonchev–Trinajstić information content (AvgIpc) is 2.30. The van der Waals surface area contributed by atoms with Gasteiger partial charge >= 0.3 is 5.97 Å². The van der Waals surface area contributed by atoms with Gasteiger partial charge in [-0.25, -0.2) is 4.79 Å². The lowest BCUT2D eigenvalue weighted by Gasteiger charge is -2.16. The van der Waals surface area contributed by atoms with Gasteiger partial charge in [0.05, 0.1) is 22.2 Å². The van der Waals surface area contributed by atoms with Crippen LogP contribution in [0.25, 0.3) is 0 Å². The topological polar surface area (TPSA) is 92.4 Å². The minimum Gasteiger partial charge on any atom is -0.478 e. The fraction of sp³-hybridized carbons (Fsp3) is 0.333. The van der Waals surface area contributed by atoms with E-state index >= 15 is 0 Å². The number of anilines is 1. The van der Waals surface area contributed by atoms with Crippen LogP contribution in [-0.4, -0.2) is 23.0 Å². The van der Waals surface area contributed by atoms with Gasteiger partial charge in [-0.1, -0.05) is 18.5 Å². The normalized spacial score (nSPS) is 13.8. The summed E-state index contributed by atoms with van der Waals surface area (Å²) >= 11 is 5.89. The van der Waals surface area contributed by atoms with Crippen LogP contribution in [-0.2, 0) is 4.79 Å². The molecule has 0 heterocycles. The molecule has 98 valence electrons. The quantitative estimate of drug-likeness (QED) is 0.780. The minimum absolute atomic E-state index is 0.0585. The summed E-state index contributed by atoms with van der Waals surface area (Å²) in [5, 5.41) is 11.7. The number of carboxylic acids is 1. The fourth-order valence-corrected chi connectivity index (χ4v) is 1.40. The number of carbonyl (C=O) groups is 2. The summed E-state index contributed by atoms with van der Waals surface area (Å²) in [6, 6.07) is 3.81. The first kappa shape index (κ1) is 14.5. The molecule has 0 aliphatic carbocycles. The molecule has 1 aromatic carbocycles. The number of carboxylic acid groups (broad SMARTS) is 1. The zero-order valence-corrected chi connectivity index (χ0v) is 10.9. The number of benzene rings is 1. The summed E-state index contributed by atoms with van der Waals surface area (Å²) in [7, 11) is 0. The van der Waals surface area contributed by atoms with E-state index in [0.717, 1.165) is 0 Å². The lowest BCUT2D eigenvalue weighted by atomic mass is 10.0. The van der Waals surface area contributed by atoms with Gasteiger partial charge in [0.15, 0.2) is 0 Å². The van der Waals surface area contributed by atoms with Crippen LogP contribution in [0.2, 0.25) is 5.02 Å². The SMILES string of the molecule is CC(N)C(C)C(=O)Nc1cc(C(=O)O)ccc1Cl. The second-order valence-electron chi connectivity index (χ2n) is 4.14. The molecule has 1 amide bonds. The van der Waals surface area contributed by atoms with Crippen molar-refractivity contribution in [3.8, 4) is 0 Å². The highest BCUT2D eigenvalue weighted by molar-refractivity contribution is 6.33. The standard InChI is InChI=1S/C12H15ClN2O3/c1-6(7(2)14)11(16)15-10-5-8(12(17)18)3-4-9(10)13/h3-7H,14H2,1-2H3,(H,15,16)(H,17,18). The number of hydrogen-bond donors (Lipinski definition) is 3. The van der Waals surface area contributed by atoms with E-state index in [4.69, 9.17) is 22.4 Å². The van der Waals surface area contributed by atoms with Crippen molar-refractivity contribution in [2.75, 3.05) is 5.32 Å². The van der Waals surface area contributed by atoms with E-state index in [2.05, 4.69) is 5.32 Å². The molecule has 0 saturated heterocycles. The summed E-state index contributed by atoms with van der Waals surface area (Å²) in [5.74, 6) is -1.77. The summed E-state index contributed by atoms with van der Waals surface area (Å²) in [4.78, 5) is 22.6. The Bertz CT molecular complexity index is 474. The van der Waals surface area contributed by atoms with Crippen LogP contribution in [0.5, 0.6) is 0 Å². The van der Waals surface area contributed by atoms with Gasteiger partial charge in [-0.2, -0.15) is 0 Å². The van der Waals surface area contributed by atoms with E-state index in [1.165, 1.54) is 18.2 Å². The number of nitrogens with two attached hydrogens (primary N) is 1. The monoisotopic (exact) mass is 270 g/mol. The van der Waals surface area contributed by atoms with Gasteiger partial charge in [0, 0.05) is 6.04 Å². The fourth-order valence-electron chi connectivity index (χ4n) is 1.24. The molecule has 1 aromatic rings. The Hall–Kier alpha value is -1.59. The third kappa shape index (κ3) is 3.45. The van der Waals surface area contributed by atoms with Gasteiger partial charge in [0.1, 0.15) is 0 Å².